The van der Waals surface area contributed by atoms with Crippen LogP contribution in [-0.4, -0.2) is 31.3 Å². The van der Waals surface area contributed by atoms with E-state index in [0.717, 1.165) is 12.8 Å². The molecule has 1 aliphatic rings. The molecule has 100 valence electrons. The molecule has 1 saturated heterocycles. The van der Waals surface area contributed by atoms with Crippen LogP contribution in [0.5, 0.6) is 0 Å². The molecule has 0 aromatic heterocycles. The SMILES string of the molecule is CCCCC(CC)COC(=O)C1(N)CCOC1. The molecule has 4 heteroatoms. The van der Waals surface area contributed by atoms with Gasteiger partial charge in [0.15, 0.2) is 0 Å². The van der Waals surface area contributed by atoms with Crippen LogP contribution in [0.3, 0.4) is 0 Å². The molecule has 2 atom stereocenters. The number of hydrogen-bond donors (Lipinski definition) is 1. The first-order chi connectivity index (χ1) is 8.12. The summed E-state index contributed by atoms with van der Waals surface area (Å²) in [6.45, 7) is 5.64. The average Bonchev–Trinajstić information content (AvgIpc) is 2.77. The molecule has 0 aromatic carbocycles. The predicted octanol–water partition coefficient (Wildman–Crippen LogP) is 1.86. The van der Waals surface area contributed by atoms with Crippen LogP contribution >= 0.6 is 0 Å². The van der Waals surface area contributed by atoms with Crippen molar-refractivity contribution in [3.8, 4) is 0 Å². The summed E-state index contributed by atoms with van der Waals surface area (Å²) in [5.74, 6) is 0.162. The van der Waals surface area contributed by atoms with Gasteiger partial charge in [-0.05, 0) is 12.3 Å². The zero-order valence-corrected chi connectivity index (χ0v) is 11.0. The number of hydrogen-bond acceptors (Lipinski definition) is 4. The Balaban J connectivity index is 2.30. The van der Waals surface area contributed by atoms with Gasteiger partial charge in [-0.25, -0.2) is 4.79 Å². The van der Waals surface area contributed by atoms with E-state index in [2.05, 4.69) is 13.8 Å². The summed E-state index contributed by atoms with van der Waals surface area (Å²) in [7, 11) is 0. The van der Waals surface area contributed by atoms with Crippen molar-refractivity contribution in [2.75, 3.05) is 19.8 Å². The van der Waals surface area contributed by atoms with E-state index < -0.39 is 5.54 Å². The zero-order chi connectivity index (χ0) is 12.7. The number of unbranched alkanes of at least 4 members (excludes halogenated alkanes) is 1. The molecule has 2 unspecified atom stereocenters. The molecule has 17 heavy (non-hydrogen) atoms. The van der Waals surface area contributed by atoms with Crippen LogP contribution < -0.4 is 5.73 Å². The van der Waals surface area contributed by atoms with E-state index in [9.17, 15) is 4.79 Å². The van der Waals surface area contributed by atoms with Gasteiger partial charge in [0.05, 0.1) is 13.2 Å². The third-order valence-corrected chi connectivity index (χ3v) is 3.45. The lowest BCUT2D eigenvalue weighted by Crippen LogP contribution is -2.50. The second-order valence-corrected chi connectivity index (χ2v) is 4.97. The van der Waals surface area contributed by atoms with Gasteiger partial charge in [-0.15, -0.1) is 0 Å². The quantitative estimate of drug-likeness (QED) is 0.693. The van der Waals surface area contributed by atoms with Gasteiger partial charge in [-0.1, -0.05) is 33.1 Å². The topological polar surface area (TPSA) is 61.5 Å². The zero-order valence-electron chi connectivity index (χ0n) is 11.0. The molecule has 0 spiro atoms. The molecule has 1 aliphatic heterocycles. The Morgan fingerprint density at radius 1 is 1.53 bits per heavy atom. The van der Waals surface area contributed by atoms with Gasteiger partial charge in [-0.2, -0.15) is 0 Å². The molecule has 0 bridgehead atoms. The highest BCUT2D eigenvalue weighted by atomic mass is 16.5. The van der Waals surface area contributed by atoms with Gasteiger partial charge in [0, 0.05) is 13.0 Å². The van der Waals surface area contributed by atoms with E-state index in [1.54, 1.807) is 0 Å². The predicted molar refractivity (Wildman–Crippen MR) is 66.6 cm³/mol. The summed E-state index contributed by atoms with van der Waals surface area (Å²) in [6, 6.07) is 0. The summed E-state index contributed by atoms with van der Waals surface area (Å²) in [5, 5.41) is 0. The number of carbonyl (C=O) groups is 1. The van der Waals surface area contributed by atoms with Crippen molar-refractivity contribution >= 4 is 5.97 Å². The minimum atomic E-state index is -0.900. The second-order valence-electron chi connectivity index (χ2n) is 4.97. The Kier molecular flexibility index (Phi) is 5.92. The van der Waals surface area contributed by atoms with E-state index in [4.69, 9.17) is 15.2 Å². The molecule has 2 N–H and O–H groups in total. The summed E-state index contributed by atoms with van der Waals surface area (Å²) in [6.07, 6.45) is 5.10. The van der Waals surface area contributed by atoms with E-state index in [0.29, 0.717) is 25.6 Å². The largest absolute Gasteiger partial charge is 0.464 e. The number of nitrogens with two attached hydrogens (primary N) is 1. The fourth-order valence-electron chi connectivity index (χ4n) is 1.98. The highest BCUT2D eigenvalue weighted by molar-refractivity contribution is 5.81. The fourth-order valence-corrected chi connectivity index (χ4v) is 1.98. The standard InChI is InChI=1S/C13H25NO3/c1-3-5-6-11(4-2)9-17-12(15)13(14)7-8-16-10-13/h11H,3-10,14H2,1-2H3. The molecule has 1 heterocycles. The Bertz CT molecular complexity index is 237. The minimum absolute atomic E-state index is 0.289. The summed E-state index contributed by atoms with van der Waals surface area (Å²) >= 11 is 0. The van der Waals surface area contributed by atoms with Crippen LogP contribution in [0.4, 0.5) is 0 Å². The Hall–Kier alpha value is -0.610. The minimum Gasteiger partial charge on any atom is -0.464 e. The van der Waals surface area contributed by atoms with Gasteiger partial charge in [0.25, 0.3) is 0 Å². The number of esters is 1. The Morgan fingerprint density at radius 3 is 2.82 bits per heavy atom. The molecule has 0 radical (unpaired) electrons. The first kappa shape index (κ1) is 14.5. The molecular weight excluding hydrogens is 218 g/mol. The van der Waals surface area contributed by atoms with Crippen LogP contribution in [0.2, 0.25) is 0 Å². The van der Waals surface area contributed by atoms with Crippen molar-refractivity contribution in [2.24, 2.45) is 11.7 Å². The van der Waals surface area contributed by atoms with Gasteiger partial charge in [-0.3, -0.25) is 0 Å². The Morgan fingerprint density at radius 2 is 2.29 bits per heavy atom. The fraction of sp³-hybridized carbons (Fsp3) is 0.923. The molecule has 1 rings (SSSR count). The number of ether oxygens (including phenoxy) is 2. The van der Waals surface area contributed by atoms with Gasteiger partial charge in [0.2, 0.25) is 0 Å². The molecule has 0 saturated carbocycles. The van der Waals surface area contributed by atoms with Crippen LogP contribution in [0, 0.1) is 5.92 Å². The van der Waals surface area contributed by atoms with Gasteiger partial charge in [0.1, 0.15) is 5.54 Å². The van der Waals surface area contributed by atoms with E-state index in [1.807, 2.05) is 0 Å². The third-order valence-electron chi connectivity index (χ3n) is 3.45. The van der Waals surface area contributed by atoms with Crippen LogP contribution in [0.1, 0.15) is 46.0 Å². The molecular formula is C13H25NO3. The summed E-state index contributed by atoms with van der Waals surface area (Å²) < 4.78 is 10.5. The maximum Gasteiger partial charge on any atom is 0.328 e. The van der Waals surface area contributed by atoms with Crippen molar-refractivity contribution in [1.82, 2.24) is 0 Å². The van der Waals surface area contributed by atoms with Gasteiger partial charge < -0.3 is 15.2 Å². The van der Waals surface area contributed by atoms with Crippen molar-refractivity contribution < 1.29 is 14.3 Å². The highest BCUT2D eigenvalue weighted by Crippen LogP contribution is 2.19. The van der Waals surface area contributed by atoms with Crippen LogP contribution in [-0.2, 0) is 14.3 Å². The average molecular weight is 243 g/mol. The second kappa shape index (κ2) is 6.97. The van der Waals surface area contributed by atoms with Gasteiger partial charge >= 0.3 is 5.97 Å². The van der Waals surface area contributed by atoms with Crippen molar-refractivity contribution in [3.05, 3.63) is 0 Å². The van der Waals surface area contributed by atoms with Crippen molar-refractivity contribution in [3.63, 3.8) is 0 Å². The molecule has 1 fully saturated rings. The first-order valence-corrected chi connectivity index (χ1v) is 6.66. The van der Waals surface area contributed by atoms with Crippen LogP contribution in [0.25, 0.3) is 0 Å². The number of rotatable bonds is 7. The van der Waals surface area contributed by atoms with E-state index >= 15 is 0 Å². The first-order valence-electron chi connectivity index (χ1n) is 6.66. The smallest absolute Gasteiger partial charge is 0.328 e. The summed E-state index contributed by atoms with van der Waals surface area (Å²) in [5.41, 5.74) is 5.03. The monoisotopic (exact) mass is 243 g/mol. The Labute approximate surface area is 104 Å². The van der Waals surface area contributed by atoms with Crippen molar-refractivity contribution in [1.29, 1.82) is 0 Å². The highest BCUT2D eigenvalue weighted by Gasteiger charge is 2.40. The summed E-state index contributed by atoms with van der Waals surface area (Å²) in [4.78, 5) is 11.8. The van der Waals surface area contributed by atoms with E-state index in [1.165, 1.54) is 12.8 Å². The molecule has 4 nitrogen and oxygen atoms in total. The molecule has 0 aromatic rings. The number of carbonyl (C=O) groups excluding carboxylic acids is 1. The maximum atomic E-state index is 11.8. The van der Waals surface area contributed by atoms with Crippen LogP contribution in [0.15, 0.2) is 0 Å². The normalized spacial score (nSPS) is 25.8. The van der Waals surface area contributed by atoms with Crippen molar-refractivity contribution in [2.45, 2.75) is 51.5 Å². The molecule has 0 aliphatic carbocycles. The lowest BCUT2D eigenvalue weighted by atomic mass is 9.99. The lowest BCUT2D eigenvalue weighted by molar-refractivity contribution is -0.151. The van der Waals surface area contributed by atoms with E-state index in [-0.39, 0.29) is 12.6 Å². The lowest BCUT2D eigenvalue weighted by Gasteiger charge is -2.22. The third kappa shape index (κ3) is 4.28. The molecule has 0 amide bonds. The maximum absolute atomic E-state index is 11.8.